The molecule has 0 aliphatic carbocycles. The van der Waals surface area contributed by atoms with Crippen molar-refractivity contribution >= 4 is 17.5 Å². The first-order valence-electron chi connectivity index (χ1n) is 13.1. The highest BCUT2D eigenvalue weighted by atomic mass is 16.2. The number of rotatable bonds is 8. The Morgan fingerprint density at radius 1 is 1.10 bits per heavy atom. The second kappa shape index (κ2) is 11.1. The van der Waals surface area contributed by atoms with Crippen LogP contribution in [0.15, 0.2) is 65.7 Å². The molecule has 4 heterocycles. The first-order valence-corrected chi connectivity index (χ1v) is 13.1. The molecule has 1 aromatic carbocycles. The maximum Gasteiger partial charge on any atom is 0.294 e. The van der Waals surface area contributed by atoms with Crippen molar-refractivity contribution in [3.63, 3.8) is 0 Å². The molecule has 3 aromatic heterocycles. The van der Waals surface area contributed by atoms with E-state index in [2.05, 4.69) is 57.6 Å². The minimum absolute atomic E-state index is 0.0826. The summed E-state index contributed by atoms with van der Waals surface area (Å²) in [5.41, 5.74) is 12.3. The summed E-state index contributed by atoms with van der Waals surface area (Å²) in [5, 5.41) is 6.23. The van der Waals surface area contributed by atoms with E-state index in [1.54, 1.807) is 23.0 Å². The molecule has 1 amide bonds. The molecule has 4 N–H and O–H groups in total. The van der Waals surface area contributed by atoms with E-state index < -0.39 is 6.04 Å². The third-order valence-electron chi connectivity index (χ3n) is 7.48. The number of benzene rings is 1. The molecule has 2 atom stereocenters. The summed E-state index contributed by atoms with van der Waals surface area (Å²) in [7, 11) is 0. The second-order valence-corrected chi connectivity index (χ2v) is 10.1. The number of pyridine rings is 2. The van der Waals surface area contributed by atoms with Gasteiger partial charge in [0.15, 0.2) is 5.82 Å². The van der Waals surface area contributed by atoms with Crippen molar-refractivity contribution in [3.05, 3.63) is 111 Å². The van der Waals surface area contributed by atoms with Crippen LogP contribution < -0.4 is 21.9 Å². The largest absolute Gasteiger partial charge is 0.384 e. The Kier molecular flexibility index (Phi) is 7.40. The van der Waals surface area contributed by atoms with Crippen LogP contribution in [0.25, 0.3) is 0 Å². The van der Waals surface area contributed by atoms with Crippen LogP contribution in [0, 0.1) is 20.8 Å². The van der Waals surface area contributed by atoms with Gasteiger partial charge < -0.3 is 16.4 Å². The minimum atomic E-state index is -0.593. The lowest BCUT2D eigenvalue weighted by Crippen LogP contribution is -2.36. The van der Waals surface area contributed by atoms with E-state index in [1.807, 2.05) is 31.2 Å². The molecular formula is C30H33N7O2. The van der Waals surface area contributed by atoms with Crippen LogP contribution in [0.2, 0.25) is 0 Å². The van der Waals surface area contributed by atoms with Gasteiger partial charge in [-0.1, -0.05) is 30.3 Å². The van der Waals surface area contributed by atoms with E-state index in [0.29, 0.717) is 31.7 Å². The summed E-state index contributed by atoms with van der Waals surface area (Å²) in [4.78, 5) is 40.0. The van der Waals surface area contributed by atoms with Gasteiger partial charge in [0.25, 0.3) is 5.56 Å². The lowest BCUT2D eigenvalue weighted by atomic mass is 9.92. The summed E-state index contributed by atoms with van der Waals surface area (Å²) in [6.07, 6.45) is 4.63. The monoisotopic (exact) mass is 523 g/mol. The Hall–Kier alpha value is -4.53. The zero-order valence-corrected chi connectivity index (χ0v) is 22.4. The van der Waals surface area contributed by atoms with E-state index in [1.165, 1.54) is 11.1 Å². The summed E-state index contributed by atoms with van der Waals surface area (Å²) >= 11 is 0. The van der Waals surface area contributed by atoms with Gasteiger partial charge in [0, 0.05) is 48.5 Å². The molecule has 1 aliphatic heterocycles. The van der Waals surface area contributed by atoms with Gasteiger partial charge in [-0.15, -0.1) is 0 Å². The fraction of sp³-hybridized carbons (Fsp3) is 0.300. The number of anilines is 2. The van der Waals surface area contributed by atoms with Gasteiger partial charge in [0.1, 0.15) is 11.9 Å². The van der Waals surface area contributed by atoms with Gasteiger partial charge >= 0.3 is 0 Å². The summed E-state index contributed by atoms with van der Waals surface area (Å²) in [6.45, 7) is 6.78. The highest BCUT2D eigenvalue weighted by molar-refractivity contribution is 5.81. The third-order valence-corrected chi connectivity index (χ3v) is 7.48. The predicted octanol–water partition coefficient (Wildman–Crippen LogP) is 3.59. The molecule has 4 aromatic rings. The molecule has 5 rings (SSSR count). The number of aromatic nitrogens is 4. The maximum absolute atomic E-state index is 13.5. The summed E-state index contributed by atoms with van der Waals surface area (Å²) < 4.78 is 1.57. The highest BCUT2D eigenvalue weighted by Crippen LogP contribution is 2.27. The number of nitrogens with two attached hydrogens (primary N) is 1. The zero-order chi connectivity index (χ0) is 27.5. The van der Waals surface area contributed by atoms with Gasteiger partial charge in [-0.2, -0.15) is 0 Å². The van der Waals surface area contributed by atoms with Crippen molar-refractivity contribution in [1.29, 1.82) is 0 Å². The van der Waals surface area contributed by atoms with Crippen LogP contribution in [-0.4, -0.2) is 32.0 Å². The van der Waals surface area contributed by atoms with Gasteiger partial charge in [0.05, 0.1) is 0 Å². The standard InChI is InChI=1S/C30H33N7O2/c1-18-7-8-21(14-19(18)2)24(25-6-4-5-13-32-25)17-34-28-30(39)37-23(16-33-28)10-11-26(37)29(38)35-15-22-9-12-27(31)36-20(22)3/h4-9,12-14,16,24,26H,10-11,15,17H2,1-3H3,(H2,31,36)(H,33,34)(H,35,38). The summed E-state index contributed by atoms with van der Waals surface area (Å²) in [5.74, 6) is 0.377. The molecule has 39 heavy (non-hydrogen) atoms. The SMILES string of the molecule is Cc1ccc(C(CNc2ncc3n(c2=O)C(C(=O)NCc2ccc(N)nc2C)CC3)c2ccccn2)cc1C. The molecule has 0 radical (unpaired) electrons. The molecule has 0 spiro atoms. The maximum atomic E-state index is 13.5. The first kappa shape index (κ1) is 26.1. The third kappa shape index (κ3) is 5.52. The number of hydrogen-bond donors (Lipinski definition) is 3. The van der Waals surface area contributed by atoms with Gasteiger partial charge in [0.2, 0.25) is 5.91 Å². The van der Waals surface area contributed by atoms with Crippen LogP contribution in [0.4, 0.5) is 11.6 Å². The van der Waals surface area contributed by atoms with Crippen LogP contribution in [0.1, 0.15) is 57.7 Å². The van der Waals surface area contributed by atoms with Crippen LogP contribution in [0.3, 0.4) is 0 Å². The van der Waals surface area contributed by atoms with Crippen molar-refractivity contribution in [1.82, 2.24) is 24.8 Å². The van der Waals surface area contributed by atoms with E-state index in [-0.39, 0.29) is 23.2 Å². The number of nitrogens with zero attached hydrogens (tertiary/aromatic N) is 4. The molecule has 1 aliphatic rings. The number of hydrogen-bond acceptors (Lipinski definition) is 7. The molecule has 200 valence electrons. The fourth-order valence-corrected chi connectivity index (χ4v) is 5.06. The number of aryl methyl sites for hydroxylation is 4. The Bertz CT molecular complexity index is 1570. The number of nitrogen functional groups attached to an aromatic ring is 1. The quantitative estimate of drug-likeness (QED) is 0.322. The Labute approximate surface area is 227 Å². The van der Waals surface area contributed by atoms with Gasteiger partial charge in [-0.3, -0.25) is 19.1 Å². The number of carbonyl (C=O) groups excluding carboxylic acids is 1. The predicted molar refractivity (Wildman–Crippen MR) is 152 cm³/mol. The lowest BCUT2D eigenvalue weighted by molar-refractivity contribution is -0.124. The minimum Gasteiger partial charge on any atom is -0.384 e. The van der Waals surface area contributed by atoms with Crippen molar-refractivity contribution in [2.45, 2.75) is 52.1 Å². The number of fused-ring (bicyclic) bond motifs is 1. The van der Waals surface area contributed by atoms with E-state index >= 15 is 0 Å². The van der Waals surface area contributed by atoms with E-state index in [0.717, 1.165) is 28.2 Å². The molecule has 0 bridgehead atoms. The molecule has 0 fully saturated rings. The molecule has 0 saturated heterocycles. The molecular weight excluding hydrogens is 490 g/mol. The first-order chi connectivity index (χ1) is 18.8. The van der Waals surface area contributed by atoms with Crippen LogP contribution in [0.5, 0.6) is 0 Å². The van der Waals surface area contributed by atoms with Crippen LogP contribution >= 0.6 is 0 Å². The number of carbonyl (C=O) groups is 1. The van der Waals surface area contributed by atoms with Crippen molar-refractivity contribution in [2.24, 2.45) is 0 Å². The lowest BCUT2D eigenvalue weighted by Gasteiger charge is -2.20. The number of nitrogens with one attached hydrogen (secondary N) is 2. The molecule has 9 nitrogen and oxygen atoms in total. The average molecular weight is 524 g/mol. The van der Waals surface area contributed by atoms with Crippen LogP contribution in [-0.2, 0) is 17.8 Å². The van der Waals surface area contributed by atoms with E-state index in [4.69, 9.17) is 5.73 Å². The smallest absolute Gasteiger partial charge is 0.294 e. The molecule has 9 heteroatoms. The van der Waals surface area contributed by atoms with Crippen molar-refractivity contribution in [3.8, 4) is 0 Å². The second-order valence-electron chi connectivity index (χ2n) is 10.1. The van der Waals surface area contributed by atoms with Gasteiger partial charge in [-0.25, -0.2) is 9.97 Å². The molecule has 0 saturated carbocycles. The van der Waals surface area contributed by atoms with Crippen molar-refractivity contribution in [2.75, 3.05) is 17.6 Å². The zero-order valence-electron chi connectivity index (χ0n) is 22.4. The Balaban J connectivity index is 1.35. The van der Waals surface area contributed by atoms with E-state index in [9.17, 15) is 9.59 Å². The molecule has 2 unspecified atom stereocenters. The van der Waals surface area contributed by atoms with Gasteiger partial charge in [-0.05, 0) is 74.1 Å². The topological polar surface area (TPSA) is 128 Å². The average Bonchev–Trinajstić information content (AvgIpc) is 3.37. The Morgan fingerprint density at radius 2 is 1.95 bits per heavy atom. The fourth-order valence-electron chi connectivity index (χ4n) is 5.06. The Morgan fingerprint density at radius 3 is 2.69 bits per heavy atom. The normalized spacial score (nSPS) is 15.0. The summed E-state index contributed by atoms with van der Waals surface area (Å²) in [6, 6.07) is 15.2. The highest BCUT2D eigenvalue weighted by Gasteiger charge is 2.31. The number of amides is 1. The van der Waals surface area contributed by atoms with Crippen molar-refractivity contribution < 1.29 is 4.79 Å².